The summed E-state index contributed by atoms with van der Waals surface area (Å²) in [5.41, 5.74) is 0. The SMILES string of the molecule is CC(=O)Oc1coc(C(F)F)n1. The molecule has 0 fully saturated rings. The van der Waals surface area contributed by atoms with E-state index in [2.05, 4.69) is 14.1 Å². The zero-order valence-electron chi connectivity index (χ0n) is 6.08. The van der Waals surface area contributed by atoms with E-state index in [-0.39, 0.29) is 5.88 Å². The molecule has 0 bridgehead atoms. The van der Waals surface area contributed by atoms with Crippen LogP contribution in [0.5, 0.6) is 5.88 Å². The number of nitrogens with zero attached hydrogens (tertiary/aromatic N) is 1. The Bertz CT molecular complexity index is 284. The summed E-state index contributed by atoms with van der Waals surface area (Å²) in [5, 5.41) is 0. The number of oxazole rings is 1. The Kier molecular flexibility index (Phi) is 2.37. The predicted octanol–water partition coefficient (Wildman–Crippen LogP) is 1.54. The third-order valence-corrected chi connectivity index (χ3v) is 0.936. The maximum atomic E-state index is 11.8. The van der Waals surface area contributed by atoms with Gasteiger partial charge in [-0.05, 0) is 0 Å². The maximum Gasteiger partial charge on any atom is 0.313 e. The van der Waals surface area contributed by atoms with Crippen molar-refractivity contribution in [3.05, 3.63) is 12.2 Å². The quantitative estimate of drug-likeness (QED) is 0.643. The summed E-state index contributed by atoms with van der Waals surface area (Å²) >= 11 is 0. The van der Waals surface area contributed by atoms with Crippen molar-refractivity contribution in [1.29, 1.82) is 0 Å². The number of rotatable bonds is 2. The average Bonchev–Trinajstić information content (AvgIpc) is 2.34. The Hall–Kier alpha value is -1.46. The first-order chi connectivity index (χ1) is 5.59. The molecule has 0 aliphatic rings. The van der Waals surface area contributed by atoms with Crippen LogP contribution in [0, 0.1) is 0 Å². The highest BCUT2D eigenvalue weighted by molar-refractivity contribution is 5.68. The molecule has 6 heteroatoms. The fourth-order valence-corrected chi connectivity index (χ4v) is 0.566. The standard InChI is InChI=1S/C6H5F2NO3/c1-3(10)12-4-2-11-6(9-4)5(7)8/h2,5H,1H3. The molecule has 1 aromatic rings. The molecule has 12 heavy (non-hydrogen) atoms. The third kappa shape index (κ3) is 2.01. The number of alkyl halides is 2. The van der Waals surface area contributed by atoms with Gasteiger partial charge in [-0.3, -0.25) is 4.79 Å². The number of hydrogen-bond acceptors (Lipinski definition) is 4. The lowest BCUT2D eigenvalue weighted by Gasteiger charge is -1.90. The molecule has 4 nitrogen and oxygen atoms in total. The summed E-state index contributed by atoms with van der Waals surface area (Å²) in [6, 6.07) is 0. The van der Waals surface area contributed by atoms with Gasteiger partial charge in [0.25, 0.3) is 11.8 Å². The molecule has 0 spiro atoms. The van der Waals surface area contributed by atoms with Crippen LogP contribution in [0.2, 0.25) is 0 Å². The smallest absolute Gasteiger partial charge is 0.313 e. The van der Waals surface area contributed by atoms with Crippen LogP contribution in [-0.2, 0) is 4.79 Å². The number of carbonyl (C=O) groups is 1. The van der Waals surface area contributed by atoms with Crippen LogP contribution in [0.1, 0.15) is 19.2 Å². The monoisotopic (exact) mass is 177 g/mol. The molecule has 0 unspecified atom stereocenters. The Labute approximate surface area is 66.1 Å². The molecule has 0 radical (unpaired) electrons. The Morgan fingerprint density at radius 2 is 2.42 bits per heavy atom. The van der Waals surface area contributed by atoms with Crippen molar-refractivity contribution >= 4 is 5.97 Å². The number of aromatic nitrogens is 1. The topological polar surface area (TPSA) is 52.3 Å². The second kappa shape index (κ2) is 3.29. The maximum absolute atomic E-state index is 11.8. The molecule has 0 atom stereocenters. The van der Waals surface area contributed by atoms with E-state index in [0.29, 0.717) is 0 Å². The summed E-state index contributed by atoms with van der Waals surface area (Å²) in [7, 11) is 0. The summed E-state index contributed by atoms with van der Waals surface area (Å²) in [6.45, 7) is 1.14. The van der Waals surface area contributed by atoms with Gasteiger partial charge < -0.3 is 9.15 Å². The van der Waals surface area contributed by atoms with Crippen molar-refractivity contribution in [2.75, 3.05) is 0 Å². The van der Waals surface area contributed by atoms with Gasteiger partial charge in [-0.1, -0.05) is 0 Å². The van der Waals surface area contributed by atoms with Gasteiger partial charge in [-0.15, -0.1) is 0 Å². The van der Waals surface area contributed by atoms with Crippen molar-refractivity contribution in [1.82, 2.24) is 4.98 Å². The zero-order chi connectivity index (χ0) is 9.14. The highest BCUT2D eigenvalue weighted by Crippen LogP contribution is 2.20. The van der Waals surface area contributed by atoms with Gasteiger partial charge in [0.15, 0.2) is 6.26 Å². The summed E-state index contributed by atoms with van der Waals surface area (Å²) < 4.78 is 32.3. The predicted molar refractivity (Wildman–Crippen MR) is 32.8 cm³/mol. The number of ether oxygens (including phenoxy) is 1. The lowest BCUT2D eigenvalue weighted by Crippen LogP contribution is -2.01. The molecule has 1 heterocycles. The molecule has 0 N–H and O–H groups in total. The summed E-state index contributed by atoms with van der Waals surface area (Å²) in [6.07, 6.45) is -1.95. The van der Waals surface area contributed by atoms with E-state index < -0.39 is 18.3 Å². The Morgan fingerprint density at radius 1 is 1.75 bits per heavy atom. The van der Waals surface area contributed by atoms with E-state index in [4.69, 9.17) is 0 Å². The fraction of sp³-hybridized carbons (Fsp3) is 0.333. The molecule has 66 valence electrons. The highest BCUT2D eigenvalue weighted by Gasteiger charge is 2.15. The first-order valence-electron chi connectivity index (χ1n) is 3.01. The Morgan fingerprint density at radius 3 is 2.83 bits per heavy atom. The van der Waals surface area contributed by atoms with E-state index in [9.17, 15) is 13.6 Å². The van der Waals surface area contributed by atoms with Gasteiger partial charge in [0, 0.05) is 6.92 Å². The molecule has 0 saturated heterocycles. The van der Waals surface area contributed by atoms with Crippen LogP contribution in [0.25, 0.3) is 0 Å². The second-order valence-corrected chi connectivity index (χ2v) is 1.92. The second-order valence-electron chi connectivity index (χ2n) is 1.92. The van der Waals surface area contributed by atoms with Gasteiger partial charge in [0.1, 0.15) is 0 Å². The van der Waals surface area contributed by atoms with Crippen molar-refractivity contribution in [2.45, 2.75) is 13.3 Å². The van der Waals surface area contributed by atoms with Gasteiger partial charge in [0.05, 0.1) is 0 Å². The molecule has 0 aliphatic heterocycles. The van der Waals surface area contributed by atoms with Crippen LogP contribution in [0.3, 0.4) is 0 Å². The van der Waals surface area contributed by atoms with E-state index in [1.54, 1.807) is 0 Å². The van der Waals surface area contributed by atoms with Crippen molar-refractivity contribution in [2.24, 2.45) is 0 Å². The largest absolute Gasteiger partial charge is 0.440 e. The third-order valence-electron chi connectivity index (χ3n) is 0.936. The molecule has 0 amide bonds. The van der Waals surface area contributed by atoms with Gasteiger partial charge in [-0.2, -0.15) is 13.8 Å². The minimum atomic E-state index is -2.80. The number of esters is 1. The van der Waals surface area contributed by atoms with Crippen molar-refractivity contribution in [3.63, 3.8) is 0 Å². The molecule has 0 saturated carbocycles. The van der Waals surface area contributed by atoms with Crippen LogP contribution in [0.4, 0.5) is 8.78 Å². The zero-order valence-corrected chi connectivity index (χ0v) is 6.08. The summed E-state index contributed by atoms with van der Waals surface area (Å²) in [4.78, 5) is 13.5. The van der Waals surface area contributed by atoms with E-state index >= 15 is 0 Å². The molecular formula is C6H5F2NO3. The van der Waals surface area contributed by atoms with Gasteiger partial charge >= 0.3 is 12.4 Å². The van der Waals surface area contributed by atoms with Crippen LogP contribution < -0.4 is 4.74 Å². The van der Waals surface area contributed by atoms with E-state index in [1.807, 2.05) is 0 Å². The van der Waals surface area contributed by atoms with Gasteiger partial charge in [0.2, 0.25) is 0 Å². The van der Waals surface area contributed by atoms with Crippen LogP contribution in [0.15, 0.2) is 10.7 Å². The van der Waals surface area contributed by atoms with Crippen LogP contribution >= 0.6 is 0 Å². The lowest BCUT2D eigenvalue weighted by molar-refractivity contribution is -0.132. The lowest BCUT2D eigenvalue weighted by atomic mass is 10.7. The number of carbonyl (C=O) groups excluding carboxylic acids is 1. The van der Waals surface area contributed by atoms with Crippen molar-refractivity contribution < 1.29 is 22.7 Å². The molecule has 1 rings (SSSR count). The first kappa shape index (κ1) is 8.63. The number of hydrogen-bond donors (Lipinski definition) is 0. The van der Waals surface area contributed by atoms with Gasteiger partial charge in [-0.25, -0.2) is 0 Å². The highest BCUT2D eigenvalue weighted by atomic mass is 19.3. The first-order valence-corrected chi connectivity index (χ1v) is 3.01. The minimum absolute atomic E-state index is 0.252. The molecule has 0 aliphatic carbocycles. The molecular weight excluding hydrogens is 172 g/mol. The average molecular weight is 177 g/mol. The fourth-order valence-electron chi connectivity index (χ4n) is 0.566. The van der Waals surface area contributed by atoms with Crippen LogP contribution in [-0.4, -0.2) is 11.0 Å². The molecule has 0 aromatic carbocycles. The van der Waals surface area contributed by atoms with E-state index in [1.165, 1.54) is 0 Å². The van der Waals surface area contributed by atoms with E-state index in [0.717, 1.165) is 13.2 Å². The minimum Gasteiger partial charge on any atom is -0.440 e. The summed E-state index contributed by atoms with van der Waals surface area (Å²) in [5.74, 6) is -1.65. The Balaban J connectivity index is 2.70. The van der Waals surface area contributed by atoms with Crippen molar-refractivity contribution in [3.8, 4) is 5.88 Å². The normalized spacial score (nSPS) is 10.3. The molecule has 1 aromatic heterocycles. The number of halogens is 2.